The number of hydrogen-bond donors (Lipinski definition) is 2. The van der Waals surface area contributed by atoms with Crippen LogP contribution in [0, 0.1) is 0 Å². The van der Waals surface area contributed by atoms with Gasteiger partial charge in [0.25, 0.3) is 0 Å². The first-order valence-corrected chi connectivity index (χ1v) is 10.3. The molecule has 0 spiro atoms. The monoisotopic (exact) mass is 392 g/mol. The second kappa shape index (κ2) is 13.4. The van der Waals surface area contributed by atoms with Gasteiger partial charge in [0.2, 0.25) is 0 Å². The fourth-order valence-corrected chi connectivity index (χ4v) is 2.79. The van der Waals surface area contributed by atoms with E-state index in [1.807, 2.05) is 32.3 Å². The Morgan fingerprint density at radius 2 is 2.11 bits per heavy atom. The van der Waals surface area contributed by atoms with Crippen molar-refractivity contribution in [1.29, 1.82) is 0 Å². The summed E-state index contributed by atoms with van der Waals surface area (Å²) < 4.78 is 17.0. The van der Waals surface area contributed by atoms with Gasteiger partial charge in [-0.05, 0) is 39.9 Å². The molecule has 1 fully saturated rings. The summed E-state index contributed by atoms with van der Waals surface area (Å²) in [6.07, 6.45) is 2.21. The lowest BCUT2D eigenvalue weighted by atomic mass is 10.2. The molecule has 2 N–H and O–H groups in total. The van der Waals surface area contributed by atoms with E-state index in [1.54, 1.807) is 0 Å². The van der Waals surface area contributed by atoms with Crippen LogP contribution in [0.2, 0.25) is 0 Å². The van der Waals surface area contributed by atoms with Gasteiger partial charge in [-0.15, -0.1) is 0 Å². The molecule has 2 rings (SSSR count). The molecule has 0 aliphatic carbocycles. The van der Waals surface area contributed by atoms with Crippen molar-refractivity contribution in [2.75, 3.05) is 60.2 Å². The number of nitrogens with zero attached hydrogens (tertiary/aromatic N) is 2. The Kier molecular flexibility index (Phi) is 10.7. The van der Waals surface area contributed by atoms with Crippen molar-refractivity contribution in [2.45, 2.75) is 32.4 Å². The van der Waals surface area contributed by atoms with Crippen molar-refractivity contribution in [2.24, 2.45) is 4.99 Å². The molecular formula is C21H36N4O3. The summed E-state index contributed by atoms with van der Waals surface area (Å²) in [7, 11) is 4.08. The van der Waals surface area contributed by atoms with Crippen molar-refractivity contribution in [3.05, 3.63) is 29.8 Å². The Labute approximate surface area is 169 Å². The van der Waals surface area contributed by atoms with Gasteiger partial charge in [-0.3, -0.25) is 0 Å². The van der Waals surface area contributed by atoms with Gasteiger partial charge in [-0.1, -0.05) is 18.2 Å². The molecule has 0 saturated carbocycles. The second-order valence-corrected chi connectivity index (χ2v) is 7.09. The molecule has 7 heteroatoms. The Balaban J connectivity index is 1.77. The molecule has 1 aliphatic heterocycles. The van der Waals surface area contributed by atoms with Crippen LogP contribution in [0.25, 0.3) is 0 Å². The van der Waals surface area contributed by atoms with Crippen LogP contribution >= 0.6 is 0 Å². The highest BCUT2D eigenvalue weighted by molar-refractivity contribution is 5.79. The first-order valence-electron chi connectivity index (χ1n) is 10.3. The average molecular weight is 393 g/mol. The lowest BCUT2D eigenvalue weighted by Crippen LogP contribution is -2.38. The van der Waals surface area contributed by atoms with Gasteiger partial charge in [-0.2, -0.15) is 0 Å². The van der Waals surface area contributed by atoms with E-state index in [0.29, 0.717) is 13.2 Å². The number of rotatable bonds is 12. The summed E-state index contributed by atoms with van der Waals surface area (Å²) in [5.41, 5.74) is 1.09. The molecule has 1 aromatic rings. The third-order valence-corrected chi connectivity index (χ3v) is 4.38. The summed E-state index contributed by atoms with van der Waals surface area (Å²) in [5, 5.41) is 6.67. The number of likely N-dealkylation sites (N-methyl/N-ethyl adjacent to an activating group) is 1. The summed E-state index contributed by atoms with van der Waals surface area (Å²) in [5.74, 6) is 1.71. The molecule has 1 aliphatic rings. The van der Waals surface area contributed by atoms with Gasteiger partial charge in [0.15, 0.2) is 5.96 Å². The Bertz CT molecular complexity index is 575. The number of guanidine groups is 1. The van der Waals surface area contributed by atoms with Crippen LogP contribution in [0.15, 0.2) is 29.3 Å². The van der Waals surface area contributed by atoms with E-state index in [4.69, 9.17) is 19.2 Å². The molecule has 1 unspecified atom stereocenters. The molecule has 158 valence electrons. The van der Waals surface area contributed by atoms with E-state index in [2.05, 4.69) is 28.5 Å². The van der Waals surface area contributed by atoms with Gasteiger partial charge < -0.3 is 29.7 Å². The molecule has 0 bridgehead atoms. The molecule has 1 heterocycles. The SMILES string of the molecule is CCNC(=NCc1ccccc1OCCN(C)C)NCCCOC1CCOC1. The number of para-hydroxylation sites is 1. The summed E-state index contributed by atoms with van der Waals surface area (Å²) in [4.78, 5) is 6.81. The summed E-state index contributed by atoms with van der Waals surface area (Å²) >= 11 is 0. The molecule has 1 atom stereocenters. The molecule has 0 radical (unpaired) electrons. The largest absolute Gasteiger partial charge is 0.492 e. The van der Waals surface area contributed by atoms with Crippen molar-refractivity contribution in [1.82, 2.24) is 15.5 Å². The molecule has 0 aromatic heterocycles. The molecular weight excluding hydrogens is 356 g/mol. The van der Waals surface area contributed by atoms with Crippen molar-refractivity contribution < 1.29 is 14.2 Å². The Hall–Kier alpha value is -1.83. The third kappa shape index (κ3) is 8.91. The van der Waals surface area contributed by atoms with E-state index >= 15 is 0 Å². The first-order chi connectivity index (χ1) is 13.7. The Morgan fingerprint density at radius 1 is 1.25 bits per heavy atom. The zero-order valence-corrected chi connectivity index (χ0v) is 17.6. The average Bonchev–Trinajstić information content (AvgIpc) is 3.20. The number of aliphatic imine (C=N–C) groups is 1. The zero-order valence-electron chi connectivity index (χ0n) is 17.6. The van der Waals surface area contributed by atoms with Crippen LogP contribution in [-0.4, -0.2) is 77.1 Å². The van der Waals surface area contributed by atoms with Crippen LogP contribution in [0.5, 0.6) is 5.75 Å². The van der Waals surface area contributed by atoms with E-state index in [-0.39, 0.29) is 6.10 Å². The minimum absolute atomic E-state index is 0.269. The maximum absolute atomic E-state index is 5.92. The van der Waals surface area contributed by atoms with Crippen LogP contribution in [-0.2, 0) is 16.0 Å². The van der Waals surface area contributed by atoms with Crippen LogP contribution < -0.4 is 15.4 Å². The predicted octanol–water partition coefficient (Wildman–Crippen LogP) is 1.88. The highest BCUT2D eigenvalue weighted by Crippen LogP contribution is 2.18. The van der Waals surface area contributed by atoms with Crippen molar-refractivity contribution in [3.63, 3.8) is 0 Å². The molecule has 28 heavy (non-hydrogen) atoms. The smallest absolute Gasteiger partial charge is 0.191 e. The maximum Gasteiger partial charge on any atom is 0.191 e. The third-order valence-electron chi connectivity index (χ3n) is 4.38. The highest BCUT2D eigenvalue weighted by Gasteiger charge is 2.15. The van der Waals surface area contributed by atoms with Gasteiger partial charge in [0.05, 0.1) is 19.3 Å². The summed E-state index contributed by atoms with van der Waals surface area (Å²) in [6, 6.07) is 8.09. The second-order valence-electron chi connectivity index (χ2n) is 7.09. The molecule has 0 amide bonds. The predicted molar refractivity (Wildman–Crippen MR) is 113 cm³/mol. The van der Waals surface area contributed by atoms with E-state index < -0.39 is 0 Å². The summed E-state index contributed by atoms with van der Waals surface area (Å²) in [6.45, 7) is 8.12. The minimum Gasteiger partial charge on any atom is -0.492 e. The van der Waals surface area contributed by atoms with Gasteiger partial charge >= 0.3 is 0 Å². The van der Waals surface area contributed by atoms with Gasteiger partial charge in [-0.25, -0.2) is 4.99 Å². The molecule has 1 aromatic carbocycles. The van der Waals surface area contributed by atoms with Crippen LogP contribution in [0.4, 0.5) is 0 Å². The van der Waals surface area contributed by atoms with E-state index in [9.17, 15) is 0 Å². The van der Waals surface area contributed by atoms with E-state index in [1.165, 1.54) is 0 Å². The zero-order chi connectivity index (χ0) is 20.0. The topological polar surface area (TPSA) is 67.4 Å². The quantitative estimate of drug-likeness (QED) is 0.322. The maximum atomic E-state index is 5.92. The number of benzene rings is 1. The first kappa shape index (κ1) is 22.5. The minimum atomic E-state index is 0.269. The van der Waals surface area contributed by atoms with Gasteiger partial charge in [0.1, 0.15) is 12.4 Å². The Morgan fingerprint density at radius 3 is 2.86 bits per heavy atom. The lowest BCUT2D eigenvalue weighted by molar-refractivity contribution is 0.0420. The fourth-order valence-electron chi connectivity index (χ4n) is 2.79. The van der Waals surface area contributed by atoms with Crippen molar-refractivity contribution >= 4 is 5.96 Å². The molecule has 1 saturated heterocycles. The highest BCUT2D eigenvalue weighted by atomic mass is 16.5. The number of nitrogens with one attached hydrogen (secondary N) is 2. The standard InChI is InChI=1S/C21H36N4O3/c1-4-22-21(23-11-7-13-27-19-10-14-26-17-19)24-16-18-8-5-6-9-20(18)28-15-12-25(2)3/h5-6,8-9,19H,4,7,10-17H2,1-3H3,(H2,22,23,24). The normalized spacial score (nSPS) is 17.1. The van der Waals surface area contributed by atoms with Crippen molar-refractivity contribution in [3.8, 4) is 5.75 Å². The van der Waals surface area contributed by atoms with Crippen LogP contribution in [0.1, 0.15) is 25.3 Å². The van der Waals surface area contributed by atoms with E-state index in [0.717, 1.165) is 69.6 Å². The molecule has 7 nitrogen and oxygen atoms in total. The van der Waals surface area contributed by atoms with Crippen LogP contribution in [0.3, 0.4) is 0 Å². The van der Waals surface area contributed by atoms with Gasteiger partial charge in [0, 0.05) is 38.4 Å². The lowest BCUT2D eigenvalue weighted by Gasteiger charge is -2.15. The number of ether oxygens (including phenoxy) is 3. The number of hydrogen-bond acceptors (Lipinski definition) is 5. The fraction of sp³-hybridized carbons (Fsp3) is 0.667.